The summed E-state index contributed by atoms with van der Waals surface area (Å²) in [6.07, 6.45) is 1.05. The summed E-state index contributed by atoms with van der Waals surface area (Å²) in [4.78, 5) is 27.9. The molecule has 1 aromatic carbocycles. The molecule has 0 aliphatic carbocycles. The number of nitrogens with one attached hydrogen (secondary N) is 3. The number of aromatic amines is 1. The molecule has 0 aliphatic heterocycles. The van der Waals surface area contributed by atoms with Crippen LogP contribution in [-0.4, -0.2) is 51.9 Å². The minimum Gasteiger partial charge on any atom is -0.460 e. The average molecular weight is 423 g/mol. The molecule has 0 unspecified atom stereocenters. The zero-order valence-electron chi connectivity index (χ0n) is 17.0. The van der Waals surface area contributed by atoms with Gasteiger partial charge >= 0.3 is 5.97 Å². The fourth-order valence-corrected chi connectivity index (χ4v) is 3.40. The summed E-state index contributed by atoms with van der Waals surface area (Å²) in [6.45, 7) is 5.46. The van der Waals surface area contributed by atoms with Gasteiger partial charge < -0.3 is 19.8 Å². The number of aromatic nitrogens is 1. The summed E-state index contributed by atoms with van der Waals surface area (Å²) in [5.41, 5.74) is 2.98. The van der Waals surface area contributed by atoms with Gasteiger partial charge in [0, 0.05) is 18.5 Å². The number of aryl methyl sites for hydroxylation is 2. The summed E-state index contributed by atoms with van der Waals surface area (Å²) in [5.74, 6) is -1.00. The molecule has 3 N–H and O–H groups in total. The molecule has 0 radical (unpaired) electrons. The molecule has 0 saturated heterocycles. The number of rotatable bonds is 8. The minimum absolute atomic E-state index is 0.112. The second-order valence-electron chi connectivity index (χ2n) is 6.61. The van der Waals surface area contributed by atoms with Gasteiger partial charge in [0.15, 0.2) is 0 Å². The lowest BCUT2D eigenvalue weighted by atomic mass is 10.1. The van der Waals surface area contributed by atoms with E-state index in [1.807, 2.05) is 0 Å². The molecule has 10 heteroatoms. The molecule has 158 valence electrons. The van der Waals surface area contributed by atoms with Crippen LogP contribution in [0.4, 0.5) is 11.4 Å². The number of benzene rings is 1. The van der Waals surface area contributed by atoms with Crippen molar-refractivity contribution in [2.75, 3.05) is 36.6 Å². The number of amides is 1. The summed E-state index contributed by atoms with van der Waals surface area (Å²) in [5, 5.41) is 2.71. The maximum Gasteiger partial charge on any atom is 0.340 e. The normalized spacial score (nSPS) is 11.2. The van der Waals surface area contributed by atoms with Crippen LogP contribution in [0.1, 0.15) is 37.7 Å². The average Bonchev–Trinajstić information content (AvgIpc) is 2.91. The van der Waals surface area contributed by atoms with E-state index in [9.17, 15) is 18.0 Å². The van der Waals surface area contributed by atoms with Crippen molar-refractivity contribution in [1.82, 2.24) is 4.98 Å². The summed E-state index contributed by atoms with van der Waals surface area (Å²) in [6, 6.07) is 4.87. The molecule has 0 spiro atoms. The Kier molecular flexibility index (Phi) is 7.04. The van der Waals surface area contributed by atoms with Crippen LogP contribution in [0.15, 0.2) is 18.2 Å². The number of ether oxygens (including phenoxy) is 2. The highest BCUT2D eigenvalue weighted by molar-refractivity contribution is 7.92. The molecule has 2 rings (SSSR count). The van der Waals surface area contributed by atoms with Crippen molar-refractivity contribution >= 4 is 33.3 Å². The second kappa shape index (κ2) is 9.10. The van der Waals surface area contributed by atoms with Crippen LogP contribution in [0.25, 0.3) is 0 Å². The molecule has 29 heavy (non-hydrogen) atoms. The standard InChI is InChI=1S/C19H25N3O6S/c1-11-6-7-14(10-15(11)22-29(5,25)26)21-18(23)17-12(2)16(13(3)20-17)19(24)28-9-8-27-4/h6-7,10,20,22H,8-9H2,1-5H3,(H,21,23). The van der Waals surface area contributed by atoms with Gasteiger partial charge in [-0.2, -0.15) is 0 Å². The van der Waals surface area contributed by atoms with E-state index in [2.05, 4.69) is 15.0 Å². The molecule has 1 heterocycles. The Morgan fingerprint density at radius 2 is 1.83 bits per heavy atom. The number of anilines is 2. The van der Waals surface area contributed by atoms with E-state index in [-0.39, 0.29) is 18.9 Å². The van der Waals surface area contributed by atoms with E-state index in [1.165, 1.54) is 13.2 Å². The first-order valence-electron chi connectivity index (χ1n) is 8.78. The lowest BCUT2D eigenvalue weighted by molar-refractivity contribution is 0.0386. The third kappa shape index (κ3) is 5.81. The Labute approximate surface area is 169 Å². The third-order valence-electron chi connectivity index (χ3n) is 4.18. The minimum atomic E-state index is -3.45. The van der Waals surface area contributed by atoms with Crippen LogP contribution in [0.2, 0.25) is 0 Å². The van der Waals surface area contributed by atoms with Crippen molar-refractivity contribution in [3.63, 3.8) is 0 Å². The SMILES string of the molecule is COCCOC(=O)c1c(C)[nH]c(C(=O)Nc2ccc(C)c(NS(C)(=O)=O)c2)c1C. The van der Waals surface area contributed by atoms with Gasteiger partial charge in [-0.15, -0.1) is 0 Å². The molecular formula is C19H25N3O6S. The lowest BCUT2D eigenvalue weighted by Gasteiger charge is -2.11. The van der Waals surface area contributed by atoms with Crippen LogP contribution >= 0.6 is 0 Å². The molecule has 2 aromatic rings. The zero-order chi connectivity index (χ0) is 21.8. The first-order valence-corrected chi connectivity index (χ1v) is 10.7. The molecule has 1 aromatic heterocycles. The van der Waals surface area contributed by atoms with Crippen LogP contribution in [0, 0.1) is 20.8 Å². The first-order chi connectivity index (χ1) is 13.5. The van der Waals surface area contributed by atoms with Crippen molar-refractivity contribution in [1.29, 1.82) is 0 Å². The number of carbonyl (C=O) groups excluding carboxylic acids is 2. The van der Waals surface area contributed by atoms with Gasteiger partial charge in [0.2, 0.25) is 10.0 Å². The Morgan fingerprint density at radius 3 is 2.45 bits per heavy atom. The smallest absolute Gasteiger partial charge is 0.340 e. The van der Waals surface area contributed by atoms with Crippen molar-refractivity contribution < 1.29 is 27.5 Å². The molecule has 0 aliphatic rings. The number of sulfonamides is 1. The Balaban J connectivity index is 2.23. The molecule has 0 fully saturated rings. The monoisotopic (exact) mass is 423 g/mol. The predicted octanol–water partition coefficient (Wildman–Crippen LogP) is 2.37. The Bertz CT molecular complexity index is 1030. The van der Waals surface area contributed by atoms with Gasteiger partial charge in [-0.25, -0.2) is 13.2 Å². The van der Waals surface area contributed by atoms with E-state index < -0.39 is 21.9 Å². The maximum absolute atomic E-state index is 12.7. The summed E-state index contributed by atoms with van der Waals surface area (Å²) < 4.78 is 35.4. The van der Waals surface area contributed by atoms with E-state index in [1.54, 1.807) is 32.9 Å². The highest BCUT2D eigenvalue weighted by Gasteiger charge is 2.23. The highest BCUT2D eigenvalue weighted by Crippen LogP contribution is 2.23. The van der Waals surface area contributed by atoms with Crippen LogP contribution in [0.3, 0.4) is 0 Å². The first kappa shape index (κ1) is 22.4. The summed E-state index contributed by atoms with van der Waals surface area (Å²) >= 11 is 0. The molecular weight excluding hydrogens is 398 g/mol. The van der Waals surface area contributed by atoms with Gasteiger partial charge in [0.05, 0.1) is 24.1 Å². The number of hydrogen-bond donors (Lipinski definition) is 3. The van der Waals surface area contributed by atoms with E-state index in [4.69, 9.17) is 9.47 Å². The largest absolute Gasteiger partial charge is 0.460 e. The number of H-pyrrole nitrogens is 1. The van der Waals surface area contributed by atoms with Crippen LogP contribution in [0.5, 0.6) is 0 Å². The fourth-order valence-electron chi connectivity index (χ4n) is 2.78. The zero-order valence-corrected chi connectivity index (χ0v) is 17.8. The van der Waals surface area contributed by atoms with Crippen LogP contribution < -0.4 is 10.0 Å². The molecule has 0 saturated carbocycles. The molecule has 9 nitrogen and oxygen atoms in total. The molecule has 1 amide bonds. The molecule has 0 bridgehead atoms. The van der Waals surface area contributed by atoms with Gasteiger partial charge in [-0.1, -0.05) is 6.07 Å². The highest BCUT2D eigenvalue weighted by atomic mass is 32.2. The lowest BCUT2D eigenvalue weighted by Crippen LogP contribution is -2.15. The van der Waals surface area contributed by atoms with Crippen molar-refractivity contribution in [3.05, 3.63) is 46.3 Å². The summed E-state index contributed by atoms with van der Waals surface area (Å²) in [7, 11) is -1.95. The van der Waals surface area contributed by atoms with E-state index >= 15 is 0 Å². The predicted molar refractivity (Wildman–Crippen MR) is 110 cm³/mol. The maximum atomic E-state index is 12.7. The van der Waals surface area contributed by atoms with E-state index in [0.717, 1.165) is 6.26 Å². The van der Waals surface area contributed by atoms with Crippen LogP contribution in [-0.2, 0) is 19.5 Å². The fraction of sp³-hybridized carbons (Fsp3) is 0.368. The van der Waals surface area contributed by atoms with Crippen molar-refractivity contribution in [3.8, 4) is 0 Å². The van der Waals surface area contributed by atoms with Gasteiger partial charge in [-0.05, 0) is 44.0 Å². The Morgan fingerprint density at radius 1 is 1.14 bits per heavy atom. The Hall–Kier alpha value is -2.85. The molecule has 0 atom stereocenters. The number of carbonyl (C=O) groups is 2. The van der Waals surface area contributed by atoms with Gasteiger partial charge in [0.1, 0.15) is 12.3 Å². The van der Waals surface area contributed by atoms with Gasteiger partial charge in [-0.3, -0.25) is 9.52 Å². The van der Waals surface area contributed by atoms with Gasteiger partial charge in [0.25, 0.3) is 5.91 Å². The second-order valence-corrected chi connectivity index (χ2v) is 8.36. The number of hydrogen-bond acceptors (Lipinski definition) is 6. The third-order valence-corrected chi connectivity index (χ3v) is 4.77. The van der Waals surface area contributed by atoms with Crippen molar-refractivity contribution in [2.45, 2.75) is 20.8 Å². The quantitative estimate of drug-likeness (QED) is 0.442. The number of methoxy groups -OCH3 is 1. The van der Waals surface area contributed by atoms with E-state index in [0.29, 0.717) is 33.8 Å². The topological polar surface area (TPSA) is 127 Å². The van der Waals surface area contributed by atoms with Crippen molar-refractivity contribution in [2.24, 2.45) is 0 Å². The number of esters is 1.